The van der Waals surface area contributed by atoms with Crippen molar-refractivity contribution in [2.75, 3.05) is 25.1 Å². The van der Waals surface area contributed by atoms with Gasteiger partial charge in [0.25, 0.3) is 11.8 Å². The lowest BCUT2D eigenvalue weighted by molar-refractivity contribution is 0.0953. The second-order valence-corrected chi connectivity index (χ2v) is 8.48. The average molecular weight is 519 g/mol. The summed E-state index contributed by atoms with van der Waals surface area (Å²) in [5, 5.41) is 14.8. The minimum atomic E-state index is -0.320. The Bertz CT molecular complexity index is 1090. The Morgan fingerprint density at radius 3 is 2.47 bits per heavy atom. The van der Waals surface area contributed by atoms with Crippen molar-refractivity contribution in [3.8, 4) is 11.5 Å². The summed E-state index contributed by atoms with van der Waals surface area (Å²) in [7, 11) is 0. The zero-order valence-corrected chi connectivity index (χ0v) is 20.1. The molecule has 0 aliphatic carbocycles. The molecule has 0 atom stereocenters. The topological polar surface area (TPSA) is 102 Å². The predicted octanol–water partition coefficient (Wildman–Crippen LogP) is 4.32. The van der Waals surface area contributed by atoms with Crippen molar-refractivity contribution in [1.29, 1.82) is 0 Å². The molecule has 3 aromatic rings. The van der Waals surface area contributed by atoms with E-state index >= 15 is 0 Å². The molecule has 0 saturated carbocycles. The molecule has 8 nitrogen and oxygen atoms in total. The summed E-state index contributed by atoms with van der Waals surface area (Å²) in [5.74, 6) is 0.625. The minimum absolute atomic E-state index is 0.162. The highest BCUT2D eigenvalue weighted by atomic mass is 79.9. The van der Waals surface area contributed by atoms with Gasteiger partial charge < -0.3 is 14.8 Å². The van der Waals surface area contributed by atoms with E-state index in [1.165, 1.54) is 11.3 Å². The quantitative estimate of drug-likeness (QED) is 0.414. The molecule has 3 rings (SSSR count). The number of nitrogens with one attached hydrogen (secondary N) is 2. The molecule has 2 amide bonds. The number of rotatable bonds is 10. The van der Waals surface area contributed by atoms with Gasteiger partial charge in [0.2, 0.25) is 5.13 Å². The second kappa shape index (κ2) is 11.6. The number of aromatic nitrogens is 2. The zero-order chi connectivity index (χ0) is 22.9. The van der Waals surface area contributed by atoms with Crippen molar-refractivity contribution in [1.82, 2.24) is 15.5 Å². The third-order valence-electron chi connectivity index (χ3n) is 4.20. The van der Waals surface area contributed by atoms with Gasteiger partial charge in [-0.15, -0.1) is 10.2 Å². The van der Waals surface area contributed by atoms with Crippen molar-refractivity contribution in [2.24, 2.45) is 0 Å². The van der Waals surface area contributed by atoms with Gasteiger partial charge in [0.1, 0.15) is 5.01 Å². The molecule has 0 radical (unpaired) electrons. The summed E-state index contributed by atoms with van der Waals surface area (Å²) in [6.07, 6.45) is 0.505. The number of hydrogen-bond acceptors (Lipinski definition) is 7. The normalized spacial score (nSPS) is 10.5. The van der Waals surface area contributed by atoms with Gasteiger partial charge in [-0.2, -0.15) is 0 Å². The van der Waals surface area contributed by atoms with Crippen LogP contribution in [0.2, 0.25) is 0 Å². The summed E-state index contributed by atoms with van der Waals surface area (Å²) in [6, 6.07) is 12.2. The van der Waals surface area contributed by atoms with E-state index in [4.69, 9.17) is 9.47 Å². The molecule has 1 heterocycles. The number of anilines is 1. The summed E-state index contributed by atoms with van der Waals surface area (Å²) >= 11 is 4.61. The van der Waals surface area contributed by atoms with Crippen LogP contribution < -0.4 is 20.1 Å². The number of carbonyl (C=O) groups excluding carboxylic acids is 2. The molecular weight excluding hydrogens is 496 g/mol. The Labute approximate surface area is 198 Å². The number of nitrogens with zero attached hydrogens (tertiary/aromatic N) is 2. The maximum atomic E-state index is 12.6. The van der Waals surface area contributed by atoms with E-state index in [2.05, 4.69) is 36.8 Å². The van der Waals surface area contributed by atoms with Crippen LogP contribution in [0.15, 0.2) is 46.9 Å². The monoisotopic (exact) mass is 518 g/mol. The van der Waals surface area contributed by atoms with Crippen LogP contribution in [0, 0.1) is 0 Å². The molecular formula is C22H23BrN4O4S. The number of carbonyl (C=O) groups is 2. The summed E-state index contributed by atoms with van der Waals surface area (Å²) in [6.45, 7) is 5.12. The number of ether oxygens (including phenoxy) is 2. The predicted molar refractivity (Wildman–Crippen MR) is 127 cm³/mol. The molecule has 0 fully saturated rings. The first-order chi connectivity index (χ1) is 15.5. The van der Waals surface area contributed by atoms with Gasteiger partial charge in [-0.25, -0.2) is 0 Å². The first-order valence-corrected chi connectivity index (χ1v) is 11.7. The largest absolute Gasteiger partial charge is 0.490 e. The molecule has 2 N–H and O–H groups in total. The van der Waals surface area contributed by atoms with Gasteiger partial charge in [0, 0.05) is 28.6 Å². The third kappa shape index (κ3) is 6.51. The summed E-state index contributed by atoms with van der Waals surface area (Å²) in [5.41, 5.74) is 1.00. The van der Waals surface area contributed by atoms with Crippen LogP contribution in [0.1, 0.15) is 39.6 Å². The third-order valence-corrected chi connectivity index (χ3v) is 5.60. The fourth-order valence-corrected chi connectivity index (χ4v) is 3.92. The lowest BCUT2D eigenvalue weighted by Gasteiger charge is -2.12. The van der Waals surface area contributed by atoms with Crippen molar-refractivity contribution in [3.63, 3.8) is 0 Å². The number of amides is 2. The highest BCUT2D eigenvalue weighted by Gasteiger charge is 2.14. The highest BCUT2D eigenvalue weighted by molar-refractivity contribution is 9.10. The molecule has 0 unspecified atom stereocenters. The number of benzene rings is 2. The van der Waals surface area contributed by atoms with Gasteiger partial charge in [-0.05, 0) is 50.2 Å². The minimum Gasteiger partial charge on any atom is -0.490 e. The zero-order valence-electron chi connectivity index (χ0n) is 17.7. The highest BCUT2D eigenvalue weighted by Crippen LogP contribution is 2.29. The van der Waals surface area contributed by atoms with E-state index in [0.29, 0.717) is 58.9 Å². The van der Waals surface area contributed by atoms with E-state index in [1.54, 1.807) is 36.4 Å². The molecule has 0 aliphatic rings. The van der Waals surface area contributed by atoms with Crippen LogP contribution >= 0.6 is 27.3 Å². The Balaban J connectivity index is 1.55. The molecule has 0 saturated heterocycles. The fourth-order valence-electron chi connectivity index (χ4n) is 2.78. The number of halogens is 1. The molecule has 1 aromatic heterocycles. The maximum Gasteiger partial charge on any atom is 0.257 e. The molecule has 0 bridgehead atoms. The summed E-state index contributed by atoms with van der Waals surface area (Å²) < 4.78 is 11.9. The van der Waals surface area contributed by atoms with Crippen molar-refractivity contribution in [2.45, 2.75) is 20.3 Å². The first kappa shape index (κ1) is 23.7. The van der Waals surface area contributed by atoms with Crippen LogP contribution in [0.25, 0.3) is 0 Å². The Morgan fingerprint density at radius 2 is 1.72 bits per heavy atom. The Hall–Kier alpha value is -2.98. The van der Waals surface area contributed by atoms with Crippen LogP contribution in [0.3, 0.4) is 0 Å². The molecule has 2 aromatic carbocycles. The van der Waals surface area contributed by atoms with E-state index < -0.39 is 0 Å². The van der Waals surface area contributed by atoms with Crippen molar-refractivity contribution >= 4 is 44.2 Å². The lowest BCUT2D eigenvalue weighted by Crippen LogP contribution is -2.25. The second-order valence-electron chi connectivity index (χ2n) is 6.50. The van der Waals surface area contributed by atoms with E-state index in [9.17, 15) is 9.59 Å². The van der Waals surface area contributed by atoms with Gasteiger partial charge >= 0.3 is 0 Å². The van der Waals surface area contributed by atoms with Crippen molar-refractivity contribution < 1.29 is 19.1 Å². The Kier molecular flexibility index (Phi) is 8.57. The number of hydrogen-bond donors (Lipinski definition) is 2. The van der Waals surface area contributed by atoms with Crippen LogP contribution in [0.4, 0.5) is 5.13 Å². The van der Waals surface area contributed by atoms with Crippen molar-refractivity contribution in [3.05, 3.63) is 63.1 Å². The smallest absolute Gasteiger partial charge is 0.257 e. The van der Waals surface area contributed by atoms with Gasteiger partial charge in [0.15, 0.2) is 11.5 Å². The molecule has 32 heavy (non-hydrogen) atoms. The first-order valence-electron chi connectivity index (χ1n) is 10.1. The van der Waals surface area contributed by atoms with Gasteiger partial charge in [-0.1, -0.05) is 33.3 Å². The molecule has 0 aliphatic heterocycles. The molecule has 10 heteroatoms. The Morgan fingerprint density at radius 1 is 0.969 bits per heavy atom. The van der Waals surface area contributed by atoms with E-state index in [-0.39, 0.29) is 11.8 Å². The van der Waals surface area contributed by atoms with Crippen LogP contribution in [0.5, 0.6) is 11.5 Å². The van der Waals surface area contributed by atoms with E-state index in [1.807, 2.05) is 19.9 Å². The van der Waals surface area contributed by atoms with Crippen LogP contribution in [-0.2, 0) is 6.42 Å². The lowest BCUT2D eigenvalue weighted by atomic mass is 10.2. The molecule has 168 valence electrons. The van der Waals surface area contributed by atoms with Crippen LogP contribution in [-0.4, -0.2) is 41.8 Å². The van der Waals surface area contributed by atoms with Gasteiger partial charge in [-0.3, -0.25) is 14.9 Å². The van der Waals surface area contributed by atoms with Gasteiger partial charge in [0.05, 0.1) is 13.2 Å². The maximum absolute atomic E-state index is 12.6. The molecule has 0 spiro atoms. The summed E-state index contributed by atoms with van der Waals surface area (Å²) in [4.78, 5) is 24.8. The fraction of sp³-hybridized carbons (Fsp3) is 0.273. The average Bonchev–Trinajstić information content (AvgIpc) is 3.22. The standard InChI is InChI=1S/C22H23BrN4O4S/c1-3-30-17-9-8-15(13-18(17)31-4-2)21(29)25-22-27-26-19(32-22)10-11-24-20(28)14-6-5-7-16(23)12-14/h5-9,12-13H,3-4,10-11H2,1-2H3,(H,24,28)(H,25,27,29). The van der Waals surface area contributed by atoms with E-state index in [0.717, 1.165) is 4.47 Å². The SMILES string of the molecule is CCOc1ccc(C(=O)Nc2nnc(CCNC(=O)c3cccc(Br)c3)s2)cc1OCC.